The Balaban J connectivity index is 1.67. The van der Waals surface area contributed by atoms with Gasteiger partial charge < -0.3 is 10.6 Å². The molecular weight excluding hydrogens is 220 g/mol. The molecule has 1 atom stereocenters. The van der Waals surface area contributed by atoms with Crippen LogP contribution in [-0.2, 0) is 6.54 Å². The standard InChI is InChI=1S/C16H24N2/c1-2-16(8-5-9-16)18-12-14-11-17-10-13-6-3-4-7-15(13)14/h3-4,6-7,14,17-18H,2,5,8-12H2,1H3. The van der Waals surface area contributed by atoms with E-state index >= 15 is 0 Å². The van der Waals surface area contributed by atoms with Crippen LogP contribution in [0.3, 0.4) is 0 Å². The largest absolute Gasteiger partial charge is 0.312 e. The van der Waals surface area contributed by atoms with E-state index in [0.29, 0.717) is 11.5 Å². The molecule has 1 aromatic rings. The van der Waals surface area contributed by atoms with Crippen LogP contribution in [0.2, 0.25) is 0 Å². The molecule has 1 unspecified atom stereocenters. The molecule has 0 amide bonds. The molecule has 2 N–H and O–H groups in total. The summed E-state index contributed by atoms with van der Waals surface area (Å²) in [6.07, 6.45) is 5.41. The predicted octanol–water partition coefficient (Wildman–Crippen LogP) is 2.80. The van der Waals surface area contributed by atoms with Gasteiger partial charge in [0.05, 0.1) is 0 Å². The van der Waals surface area contributed by atoms with Crippen LogP contribution in [0.4, 0.5) is 0 Å². The van der Waals surface area contributed by atoms with Crippen molar-refractivity contribution in [1.29, 1.82) is 0 Å². The molecule has 1 aliphatic heterocycles. The Hall–Kier alpha value is -0.860. The zero-order valence-corrected chi connectivity index (χ0v) is 11.3. The van der Waals surface area contributed by atoms with Crippen LogP contribution >= 0.6 is 0 Å². The molecule has 2 aliphatic rings. The highest BCUT2D eigenvalue weighted by atomic mass is 15.0. The van der Waals surface area contributed by atoms with Gasteiger partial charge in [-0.2, -0.15) is 0 Å². The van der Waals surface area contributed by atoms with E-state index in [0.717, 1.165) is 19.6 Å². The van der Waals surface area contributed by atoms with Crippen LogP contribution in [0.15, 0.2) is 24.3 Å². The third kappa shape index (κ3) is 2.19. The maximum Gasteiger partial charge on any atom is 0.0208 e. The first-order valence-electron chi connectivity index (χ1n) is 7.36. The SMILES string of the molecule is CCC1(NCC2CNCc3ccccc32)CCC1. The van der Waals surface area contributed by atoms with Crippen molar-refractivity contribution in [3.8, 4) is 0 Å². The fraction of sp³-hybridized carbons (Fsp3) is 0.625. The van der Waals surface area contributed by atoms with Gasteiger partial charge in [-0.3, -0.25) is 0 Å². The average Bonchev–Trinajstić information content (AvgIpc) is 2.38. The summed E-state index contributed by atoms with van der Waals surface area (Å²) in [6.45, 7) is 5.59. The van der Waals surface area contributed by atoms with Crippen molar-refractivity contribution in [1.82, 2.24) is 10.6 Å². The van der Waals surface area contributed by atoms with E-state index in [2.05, 4.69) is 41.8 Å². The molecule has 1 saturated carbocycles. The molecule has 0 aromatic heterocycles. The van der Waals surface area contributed by atoms with Gasteiger partial charge in [-0.25, -0.2) is 0 Å². The van der Waals surface area contributed by atoms with Crippen molar-refractivity contribution in [3.05, 3.63) is 35.4 Å². The summed E-state index contributed by atoms with van der Waals surface area (Å²) < 4.78 is 0. The normalized spacial score (nSPS) is 25.3. The molecule has 0 saturated heterocycles. The fourth-order valence-corrected chi connectivity index (χ4v) is 3.37. The zero-order chi connectivity index (χ0) is 12.4. The quantitative estimate of drug-likeness (QED) is 0.851. The van der Waals surface area contributed by atoms with Gasteiger partial charge in [0.25, 0.3) is 0 Å². The maximum absolute atomic E-state index is 3.85. The van der Waals surface area contributed by atoms with E-state index in [-0.39, 0.29) is 0 Å². The second-order valence-electron chi connectivity index (χ2n) is 5.89. The van der Waals surface area contributed by atoms with E-state index < -0.39 is 0 Å². The molecule has 2 nitrogen and oxygen atoms in total. The van der Waals surface area contributed by atoms with E-state index in [1.165, 1.54) is 31.2 Å². The van der Waals surface area contributed by atoms with Crippen LogP contribution in [0.5, 0.6) is 0 Å². The average molecular weight is 244 g/mol. The second kappa shape index (κ2) is 5.02. The first kappa shape index (κ1) is 12.2. The lowest BCUT2D eigenvalue weighted by atomic mass is 9.74. The molecule has 0 radical (unpaired) electrons. The van der Waals surface area contributed by atoms with Crippen molar-refractivity contribution in [2.24, 2.45) is 0 Å². The molecule has 98 valence electrons. The molecule has 1 heterocycles. The summed E-state index contributed by atoms with van der Waals surface area (Å²) in [7, 11) is 0. The Labute approximate surface area is 110 Å². The Bertz CT molecular complexity index is 404. The van der Waals surface area contributed by atoms with E-state index in [4.69, 9.17) is 0 Å². The lowest BCUT2D eigenvalue weighted by Crippen LogP contribution is -2.52. The van der Waals surface area contributed by atoms with Crippen LogP contribution < -0.4 is 10.6 Å². The van der Waals surface area contributed by atoms with Gasteiger partial charge in [-0.15, -0.1) is 0 Å². The van der Waals surface area contributed by atoms with Gasteiger partial charge in [0.1, 0.15) is 0 Å². The molecule has 1 aromatic carbocycles. The molecule has 0 bridgehead atoms. The minimum absolute atomic E-state index is 0.465. The van der Waals surface area contributed by atoms with Crippen molar-refractivity contribution in [2.45, 2.75) is 50.6 Å². The minimum Gasteiger partial charge on any atom is -0.312 e. The summed E-state index contributed by atoms with van der Waals surface area (Å²) in [5.74, 6) is 0.638. The van der Waals surface area contributed by atoms with Gasteiger partial charge >= 0.3 is 0 Å². The number of fused-ring (bicyclic) bond motifs is 1. The Kier molecular flexibility index (Phi) is 3.40. The summed E-state index contributed by atoms with van der Waals surface area (Å²) >= 11 is 0. The minimum atomic E-state index is 0.465. The molecule has 1 aliphatic carbocycles. The van der Waals surface area contributed by atoms with Crippen molar-refractivity contribution in [2.75, 3.05) is 13.1 Å². The van der Waals surface area contributed by atoms with E-state index in [9.17, 15) is 0 Å². The summed E-state index contributed by atoms with van der Waals surface area (Å²) in [4.78, 5) is 0. The third-order valence-electron chi connectivity index (χ3n) is 4.91. The molecule has 1 fully saturated rings. The first-order chi connectivity index (χ1) is 8.83. The zero-order valence-electron chi connectivity index (χ0n) is 11.3. The van der Waals surface area contributed by atoms with E-state index in [1.807, 2.05) is 0 Å². The number of hydrogen-bond donors (Lipinski definition) is 2. The first-order valence-corrected chi connectivity index (χ1v) is 7.36. The highest BCUT2D eigenvalue weighted by Gasteiger charge is 2.35. The number of nitrogens with one attached hydrogen (secondary N) is 2. The summed E-state index contributed by atoms with van der Waals surface area (Å²) in [5.41, 5.74) is 3.50. The fourth-order valence-electron chi connectivity index (χ4n) is 3.37. The highest BCUT2D eigenvalue weighted by molar-refractivity contribution is 5.33. The topological polar surface area (TPSA) is 24.1 Å². The van der Waals surface area contributed by atoms with Gasteiger partial charge in [-0.1, -0.05) is 31.2 Å². The van der Waals surface area contributed by atoms with Gasteiger partial charge in [-0.05, 0) is 36.8 Å². The molecule has 2 heteroatoms. The van der Waals surface area contributed by atoms with Gasteiger partial charge in [0, 0.05) is 31.1 Å². The number of benzene rings is 1. The van der Waals surface area contributed by atoms with Crippen LogP contribution in [0.1, 0.15) is 49.7 Å². The lowest BCUT2D eigenvalue weighted by Gasteiger charge is -2.43. The van der Waals surface area contributed by atoms with Crippen LogP contribution in [0.25, 0.3) is 0 Å². The van der Waals surface area contributed by atoms with Crippen molar-refractivity contribution < 1.29 is 0 Å². The molecular formula is C16H24N2. The second-order valence-corrected chi connectivity index (χ2v) is 5.89. The Morgan fingerprint density at radius 2 is 2.17 bits per heavy atom. The number of hydrogen-bond acceptors (Lipinski definition) is 2. The van der Waals surface area contributed by atoms with Crippen molar-refractivity contribution >= 4 is 0 Å². The maximum atomic E-state index is 3.85. The summed E-state index contributed by atoms with van der Waals surface area (Å²) in [5, 5.41) is 7.39. The van der Waals surface area contributed by atoms with E-state index in [1.54, 1.807) is 5.56 Å². The van der Waals surface area contributed by atoms with Gasteiger partial charge in [0.2, 0.25) is 0 Å². The summed E-state index contributed by atoms with van der Waals surface area (Å²) in [6, 6.07) is 8.89. The van der Waals surface area contributed by atoms with Crippen molar-refractivity contribution in [3.63, 3.8) is 0 Å². The van der Waals surface area contributed by atoms with Crippen LogP contribution in [-0.4, -0.2) is 18.6 Å². The Morgan fingerprint density at radius 1 is 1.33 bits per heavy atom. The molecule has 3 rings (SSSR count). The monoisotopic (exact) mass is 244 g/mol. The predicted molar refractivity (Wildman–Crippen MR) is 75.8 cm³/mol. The molecule has 18 heavy (non-hydrogen) atoms. The Morgan fingerprint density at radius 3 is 2.89 bits per heavy atom. The number of rotatable bonds is 4. The van der Waals surface area contributed by atoms with Crippen LogP contribution in [0, 0.1) is 0 Å². The van der Waals surface area contributed by atoms with Gasteiger partial charge in [0.15, 0.2) is 0 Å². The molecule has 0 spiro atoms. The third-order valence-corrected chi connectivity index (χ3v) is 4.91. The lowest BCUT2D eigenvalue weighted by molar-refractivity contribution is 0.173. The highest BCUT2D eigenvalue weighted by Crippen LogP contribution is 2.35. The smallest absolute Gasteiger partial charge is 0.0208 e.